The van der Waals surface area contributed by atoms with Gasteiger partial charge in [-0.3, -0.25) is 10.1 Å². The Balaban J connectivity index is 2.76. The SMILES string of the molecule is COC(=O)C1=C(C)NC(C)=C(C(=O)O)C1c1ccc(Cl)c([N+](=O)[O-])c1. The van der Waals surface area contributed by atoms with Crippen LogP contribution in [-0.4, -0.2) is 29.1 Å². The highest BCUT2D eigenvalue weighted by molar-refractivity contribution is 6.32. The van der Waals surface area contributed by atoms with Gasteiger partial charge in [0, 0.05) is 17.5 Å². The van der Waals surface area contributed by atoms with Crippen molar-refractivity contribution in [1.82, 2.24) is 5.32 Å². The number of hydrogen-bond acceptors (Lipinski definition) is 6. The number of halogens is 1. The lowest BCUT2D eigenvalue weighted by atomic mass is 9.80. The number of nitro groups is 1. The molecule has 0 fully saturated rings. The largest absolute Gasteiger partial charge is 0.478 e. The smallest absolute Gasteiger partial charge is 0.336 e. The second kappa shape index (κ2) is 6.94. The number of nitro benzene ring substituents is 1. The maximum absolute atomic E-state index is 12.2. The number of allylic oxidation sites excluding steroid dienone is 2. The van der Waals surface area contributed by atoms with Crippen LogP contribution in [-0.2, 0) is 14.3 Å². The Morgan fingerprint density at radius 3 is 2.40 bits per heavy atom. The van der Waals surface area contributed by atoms with Gasteiger partial charge in [0.1, 0.15) is 5.02 Å². The van der Waals surface area contributed by atoms with Gasteiger partial charge in [-0.05, 0) is 25.5 Å². The van der Waals surface area contributed by atoms with Gasteiger partial charge in [-0.25, -0.2) is 9.59 Å². The van der Waals surface area contributed by atoms with Crippen LogP contribution in [0.4, 0.5) is 5.69 Å². The van der Waals surface area contributed by atoms with Gasteiger partial charge in [0.15, 0.2) is 0 Å². The van der Waals surface area contributed by atoms with Crippen molar-refractivity contribution in [3.63, 3.8) is 0 Å². The number of carbonyl (C=O) groups is 2. The van der Waals surface area contributed by atoms with Crippen LogP contribution in [0.15, 0.2) is 40.7 Å². The Bertz CT molecular complexity index is 843. The first kappa shape index (κ1) is 18.5. The zero-order valence-electron chi connectivity index (χ0n) is 13.6. The van der Waals surface area contributed by atoms with Crippen molar-refractivity contribution >= 4 is 29.2 Å². The van der Waals surface area contributed by atoms with Crippen molar-refractivity contribution in [3.8, 4) is 0 Å². The quantitative estimate of drug-likeness (QED) is 0.477. The first-order valence-corrected chi connectivity index (χ1v) is 7.50. The third-order valence-corrected chi connectivity index (χ3v) is 4.22. The standard InChI is InChI=1S/C16H15ClN2O6/c1-7-12(15(20)21)14(13(8(2)18-7)16(22)25-3)9-4-5-10(17)11(6-9)19(23)24/h4-6,14,18H,1-3H3,(H,20,21). The molecule has 1 aliphatic rings. The second-order valence-corrected chi connectivity index (χ2v) is 5.81. The summed E-state index contributed by atoms with van der Waals surface area (Å²) >= 11 is 5.83. The topological polar surface area (TPSA) is 119 Å². The van der Waals surface area contributed by atoms with Crippen molar-refractivity contribution in [3.05, 3.63) is 61.4 Å². The van der Waals surface area contributed by atoms with E-state index in [1.165, 1.54) is 25.3 Å². The zero-order chi connectivity index (χ0) is 18.9. The number of carbonyl (C=O) groups excluding carboxylic acids is 1. The van der Waals surface area contributed by atoms with E-state index >= 15 is 0 Å². The fourth-order valence-corrected chi connectivity index (χ4v) is 3.03. The molecule has 0 saturated heterocycles. The van der Waals surface area contributed by atoms with Crippen molar-refractivity contribution in [2.24, 2.45) is 0 Å². The number of carboxylic acids is 1. The highest BCUT2D eigenvalue weighted by Crippen LogP contribution is 2.40. The molecule has 132 valence electrons. The second-order valence-electron chi connectivity index (χ2n) is 5.40. The van der Waals surface area contributed by atoms with Crippen molar-refractivity contribution in [1.29, 1.82) is 0 Å². The summed E-state index contributed by atoms with van der Waals surface area (Å²) in [4.78, 5) is 34.5. The maximum Gasteiger partial charge on any atom is 0.336 e. The number of benzene rings is 1. The predicted octanol–water partition coefficient (Wildman–Crippen LogP) is 2.74. The monoisotopic (exact) mass is 366 g/mol. The van der Waals surface area contributed by atoms with Crippen LogP contribution < -0.4 is 5.32 Å². The number of nitrogens with zero attached hydrogens (tertiary/aromatic N) is 1. The molecule has 0 radical (unpaired) electrons. The predicted molar refractivity (Wildman–Crippen MR) is 89.0 cm³/mol. The average molecular weight is 367 g/mol. The highest BCUT2D eigenvalue weighted by Gasteiger charge is 2.37. The van der Waals surface area contributed by atoms with Crippen LogP contribution in [0.3, 0.4) is 0 Å². The molecule has 1 aliphatic heterocycles. The average Bonchev–Trinajstić information content (AvgIpc) is 2.53. The van der Waals surface area contributed by atoms with Crippen LogP contribution in [0.25, 0.3) is 0 Å². The fourth-order valence-electron chi connectivity index (χ4n) is 2.84. The molecule has 0 amide bonds. The number of rotatable bonds is 4. The van der Waals surface area contributed by atoms with Gasteiger partial charge in [0.2, 0.25) is 0 Å². The van der Waals surface area contributed by atoms with Crippen molar-refractivity contribution < 1.29 is 24.4 Å². The first-order chi connectivity index (χ1) is 11.7. The molecule has 2 N–H and O–H groups in total. The first-order valence-electron chi connectivity index (χ1n) is 7.13. The summed E-state index contributed by atoms with van der Waals surface area (Å²) in [5.74, 6) is -3.00. The van der Waals surface area contributed by atoms with E-state index in [1.807, 2.05) is 0 Å². The van der Waals surface area contributed by atoms with Crippen LogP contribution in [0.2, 0.25) is 5.02 Å². The van der Waals surface area contributed by atoms with E-state index in [-0.39, 0.29) is 27.4 Å². The molecule has 0 bridgehead atoms. The molecule has 0 saturated carbocycles. The molecule has 9 heteroatoms. The summed E-state index contributed by atoms with van der Waals surface area (Å²) < 4.78 is 4.76. The molecule has 0 aliphatic carbocycles. The van der Waals surface area contributed by atoms with E-state index in [2.05, 4.69) is 5.32 Å². The molecular weight excluding hydrogens is 352 g/mol. The summed E-state index contributed by atoms with van der Waals surface area (Å²) in [5.41, 5.74) is 0.609. The molecule has 1 atom stereocenters. The van der Waals surface area contributed by atoms with E-state index in [4.69, 9.17) is 16.3 Å². The van der Waals surface area contributed by atoms with Crippen molar-refractivity contribution in [2.45, 2.75) is 19.8 Å². The van der Waals surface area contributed by atoms with Gasteiger partial charge in [0.25, 0.3) is 5.69 Å². The Labute approximate surface area is 147 Å². The lowest BCUT2D eigenvalue weighted by Gasteiger charge is -2.29. The zero-order valence-corrected chi connectivity index (χ0v) is 14.4. The minimum atomic E-state index is -1.25. The molecule has 1 heterocycles. The Morgan fingerprint density at radius 2 is 1.88 bits per heavy atom. The highest BCUT2D eigenvalue weighted by atomic mass is 35.5. The van der Waals surface area contributed by atoms with Gasteiger partial charge in [-0.15, -0.1) is 0 Å². The van der Waals surface area contributed by atoms with Crippen LogP contribution in [0.5, 0.6) is 0 Å². The minimum Gasteiger partial charge on any atom is -0.478 e. The van der Waals surface area contributed by atoms with Gasteiger partial charge in [-0.1, -0.05) is 17.7 Å². The molecule has 8 nitrogen and oxygen atoms in total. The molecular formula is C16H15ClN2O6. The molecule has 0 spiro atoms. The molecule has 0 aromatic heterocycles. The molecule has 1 aromatic rings. The van der Waals surface area contributed by atoms with E-state index < -0.39 is 22.8 Å². The third kappa shape index (κ3) is 3.34. The van der Waals surface area contributed by atoms with Gasteiger partial charge < -0.3 is 15.2 Å². The summed E-state index contributed by atoms with van der Waals surface area (Å²) in [7, 11) is 1.18. The number of carboxylic acid groups (broad SMARTS) is 1. The number of dihydropyridines is 1. The van der Waals surface area contributed by atoms with E-state index in [9.17, 15) is 24.8 Å². The maximum atomic E-state index is 12.2. The van der Waals surface area contributed by atoms with Crippen LogP contribution in [0.1, 0.15) is 25.3 Å². The number of ether oxygens (including phenoxy) is 1. The number of nitrogens with one attached hydrogen (secondary N) is 1. The van der Waals surface area contributed by atoms with E-state index in [0.29, 0.717) is 11.4 Å². The third-order valence-electron chi connectivity index (χ3n) is 3.90. The number of hydrogen-bond donors (Lipinski definition) is 2. The van der Waals surface area contributed by atoms with Crippen molar-refractivity contribution in [2.75, 3.05) is 7.11 Å². The Kier molecular flexibility index (Phi) is 5.13. The fraction of sp³-hybridized carbons (Fsp3) is 0.250. The lowest BCUT2D eigenvalue weighted by molar-refractivity contribution is -0.384. The van der Waals surface area contributed by atoms with Gasteiger partial charge in [0.05, 0.1) is 29.1 Å². The Hall–Kier alpha value is -2.87. The van der Waals surface area contributed by atoms with Gasteiger partial charge in [-0.2, -0.15) is 0 Å². The van der Waals surface area contributed by atoms with E-state index in [0.717, 1.165) is 0 Å². The number of methoxy groups -OCH3 is 1. The minimum absolute atomic E-state index is 0.0714. The normalized spacial score (nSPS) is 17.2. The summed E-state index contributed by atoms with van der Waals surface area (Å²) in [6, 6.07) is 3.93. The van der Waals surface area contributed by atoms with E-state index in [1.54, 1.807) is 13.8 Å². The molecule has 25 heavy (non-hydrogen) atoms. The molecule has 1 aromatic carbocycles. The lowest BCUT2D eigenvalue weighted by Crippen LogP contribution is -2.31. The molecule has 2 rings (SSSR count). The molecule has 1 unspecified atom stereocenters. The summed E-state index contributed by atoms with van der Waals surface area (Å²) in [5, 5.41) is 23.5. The van der Waals surface area contributed by atoms with Gasteiger partial charge >= 0.3 is 11.9 Å². The number of aliphatic carboxylic acids is 1. The summed E-state index contributed by atoms with van der Waals surface area (Å²) in [6.45, 7) is 3.16. The van der Waals surface area contributed by atoms with Crippen LogP contribution >= 0.6 is 11.6 Å². The summed E-state index contributed by atoms with van der Waals surface area (Å²) in [6.07, 6.45) is 0. The van der Waals surface area contributed by atoms with Crippen LogP contribution in [0, 0.1) is 10.1 Å². The Morgan fingerprint density at radius 1 is 1.28 bits per heavy atom. The number of esters is 1.